The Morgan fingerprint density at radius 1 is 0.938 bits per heavy atom. The molecule has 0 saturated carbocycles. The fraction of sp³-hybridized carbons (Fsp3) is 0.375. The van der Waals surface area contributed by atoms with Gasteiger partial charge >= 0.3 is 0 Å². The molecule has 2 aliphatic heterocycles. The van der Waals surface area contributed by atoms with Crippen molar-refractivity contribution in [2.45, 2.75) is 20.0 Å². The van der Waals surface area contributed by atoms with E-state index in [1.54, 1.807) is 28.0 Å². The Balaban J connectivity index is 1.24. The number of para-hydroxylation sites is 2. The fourth-order valence-corrected chi connectivity index (χ4v) is 3.77. The van der Waals surface area contributed by atoms with Crippen molar-refractivity contribution in [1.82, 2.24) is 15.1 Å². The lowest BCUT2D eigenvalue weighted by molar-refractivity contribution is -0.146. The van der Waals surface area contributed by atoms with Gasteiger partial charge in [-0.15, -0.1) is 0 Å². The maximum absolute atomic E-state index is 12.8. The number of carbonyl (C=O) groups is 3. The van der Waals surface area contributed by atoms with Gasteiger partial charge in [0.25, 0.3) is 11.8 Å². The standard InChI is InChI=1S/C24H27N3O5/c1-16-7-8-18(13-17(16)2)23(29)25-14-22(28)26-9-11-27(12-10-26)24(30)21-15-31-19-5-3-4-6-20(19)32-21/h3-8,13,21H,9-12,14-15H2,1-2H3,(H,25,29). The molecule has 8 nitrogen and oxygen atoms in total. The highest BCUT2D eigenvalue weighted by molar-refractivity contribution is 5.96. The van der Waals surface area contributed by atoms with Crippen LogP contribution in [-0.2, 0) is 9.59 Å². The minimum atomic E-state index is -0.690. The van der Waals surface area contributed by atoms with Gasteiger partial charge in [0, 0.05) is 31.7 Å². The largest absolute Gasteiger partial charge is 0.485 e. The first-order valence-corrected chi connectivity index (χ1v) is 10.7. The van der Waals surface area contributed by atoms with Crippen molar-refractivity contribution in [1.29, 1.82) is 0 Å². The third-order valence-corrected chi connectivity index (χ3v) is 5.90. The molecule has 1 fully saturated rings. The smallest absolute Gasteiger partial charge is 0.267 e. The van der Waals surface area contributed by atoms with E-state index in [0.717, 1.165) is 11.1 Å². The van der Waals surface area contributed by atoms with Crippen molar-refractivity contribution < 1.29 is 23.9 Å². The maximum atomic E-state index is 12.8. The molecule has 2 heterocycles. The van der Waals surface area contributed by atoms with Crippen LogP contribution in [0, 0.1) is 13.8 Å². The maximum Gasteiger partial charge on any atom is 0.267 e. The van der Waals surface area contributed by atoms with Gasteiger partial charge in [0.05, 0.1) is 6.54 Å². The van der Waals surface area contributed by atoms with Crippen LogP contribution in [0.15, 0.2) is 42.5 Å². The highest BCUT2D eigenvalue weighted by Crippen LogP contribution is 2.31. The summed E-state index contributed by atoms with van der Waals surface area (Å²) in [6.07, 6.45) is -0.690. The molecular formula is C24H27N3O5. The summed E-state index contributed by atoms with van der Waals surface area (Å²) in [4.78, 5) is 41.1. The van der Waals surface area contributed by atoms with E-state index in [1.807, 2.05) is 38.1 Å². The summed E-state index contributed by atoms with van der Waals surface area (Å²) in [5.74, 6) is 0.611. The number of nitrogens with zero attached hydrogens (tertiary/aromatic N) is 2. The van der Waals surface area contributed by atoms with E-state index in [2.05, 4.69) is 5.32 Å². The molecule has 168 valence electrons. The molecule has 1 atom stereocenters. The van der Waals surface area contributed by atoms with Gasteiger partial charge in [0.15, 0.2) is 11.5 Å². The molecule has 0 aliphatic carbocycles. The van der Waals surface area contributed by atoms with Crippen LogP contribution in [0.3, 0.4) is 0 Å². The Kier molecular flexibility index (Phi) is 6.30. The number of benzene rings is 2. The number of piperazine rings is 1. The van der Waals surface area contributed by atoms with Gasteiger partial charge in [-0.25, -0.2) is 0 Å². The predicted molar refractivity (Wildman–Crippen MR) is 118 cm³/mol. The lowest BCUT2D eigenvalue weighted by Gasteiger charge is -2.37. The van der Waals surface area contributed by atoms with E-state index >= 15 is 0 Å². The first-order chi connectivity index (χ1) is 15.4. The van der Waals surface area contributed by atoms with Crippen LogP contribution in [0.2, 0.25) is 0 Å². The zero-order chi connectivity index (χ0) is 22.7. The van der Waals surface area contributed by atoms with E-state index in [0.29, 0.717) is 43.2 Å². The van der Waals surface area contributed by atoms with Crippen LogP contribution < -0.4 is 14.8 Å². The van der Waals surface area contributed by atoms with Crippen molar-refractivity contribution in [2.75, 3.05) is 39.3 Å². The zero-order valence-electron chi connectivity index (χ0n) is 18.3. The normalized spacial score (nSPS) is 17.6. The fourth-order valence-electron chi connectivity index (χ4n) is 3.77. The number of hydrogen-bond acceptors (Lipinski definition) is 5. The van der Waals surface area contributed by atoms with Crippen LogP contribution in [0.4, 0.5) is 0 Å². The van der Waals surface area contributed by atoms with E-state index in [1.165, 1.54) is 0 Å². The Hall–Kier alpha value is -3.55. The second-order valence-corrected chi connectivity index (χ2v) is 8.05. The summed E-state index contributed by atoms with van der Waals surface area (Å²) in [5.41, 5.74) is 2.67. The Morgan fingerprint density at radius 2 is 1.62 bits per heavy atom. The molecule has 0 spiro atoms. The quantitative estimate of drug-likeness (QED) is 0.784. The summed E-state index contributed by atoms with van der Waals surface area (Å²) in [5, 5.41) is 2.69. The summed E-state index contributed by atoms with van der Waals surface area (Å²) < 4.78 is 11.4. The van der Waals surface area contributed by atoms with Gasteiger partial charge in [-0.2, -0.15) is 0 Å². The van der Waals surface area contributed by atoms with Crippen LogP contribution >= 0.6 is 0 Å². The minimum absolute atomic E-state index is 0.0733. The highest BCUT2D eigenvalue weighted by Gasteiger charge is 2.33. The number of rotatable bonds is 4. The molecule has 0 aromatic heterocycles. The topological polar surface area (TPSA) is 88.2 Å². The van der Waals surface area contributed by atoms with Crippen LogP contribution in [0.1, 0.15) is 21.5 Å². The molecular weight excluding hydrogens is 410 g/mol. The molecule has 4 rings (SSSR count). The van der Waals surface area contributed by atoms with Crippen molar-refractivity contribution in [2.24, 2.45) is 0 Å². The van der Waals surface area contributed by atoms with Gasteiger partial charge < -0.3 is 24.6 Å². The Bertz CT molecular complexity index is 1030. The molecule has 3 amide bonds. The number of ether oxygens (including phenoxy) is 2. The number of hydrogen-bond donors (Lipinski definition) is 1. The first-order valence-electron chi connectivity index (χ1n) is 10.7. The van der Waals surface area contributed by atoms with Crippen molar-refractivity contribution in [3.05, 3.63) is 59.2 Å². The molecule has 1 saturated heterocycles. The molecule has 2 aromatic rings. The lowest BCUT2D eigenvalue weighted by Crippen LogP contribution is -2.56. The first kappa shape index (κ1) is 21.7. The van der Waals surface area contributed by atoms with Gasteiger partial charge in [-0.1, -0.05) is 18.2 Å². The molecule has 0 bridgehead atoms. The minimum Gasteiger partial charge on any atom is -0.485 e. The molecule has 1 unspecified atom stereocenters. The third kappa shape index (κ3) is 4.69. The third-order valence-electron chi connectivity index (χ3n) is 5.90. The Labute approximate surface area is 187 Å². The van der Waals surface area contributed by atoms with Gasteiger partial charge in [0.1, 0.15) is 6.61 Å². The van der Waals surface area contributed by atoms with Crippen molar-refractivity contribution >= 4 is 17.7 Å². The van der Waals surface area contributed by atoms with Gasteiger partial charge in [-0.3, -0.25) is 14.4 Å². The van der Waals surface area contributed by atoms with E-state index in [-0.39, 0.29) is 30.9 Å². The zero-order valence-corrected chi connectivity index (χ0v) is 18.3. The molecule has 8 heteroatoms. The second kappa shape index (κ2) is 9.30. The average Bonchev–Trinajstić information content (AvgIpc) is 2.83. The summed E-state index contributed by atoms with van der Waals surface area (Å²) >= 11 is 0. The molecule has 2 aromatic carbocycles. The number of aryl methyl sites for hydroxylation is 2. The number of fused-ring (bicyclic) bond motifs is 1. The number of nitrogens with one attached hydrogen (secondary N) is 1. The predicted octanol–water partition coefficient (Wildman–Crippen LogP) is 1.54. The van der Waals surface area contributed by atoms with Crippen LogP contribution in [-0.4, -0.2) is 73.0 Å². The molecule has 0 radical (unpaired) electrons. The molecule has 32 heavy (non-hydrogen) atoms. The SMILES string of the molecule is Cc1ccc(C(=O)NCC(=O)N2CCN(C(=O)C3COc4ccccc4O3)CC2)cc1C. The van der Waals surface area contributed by atoms with Crippen molar-refractivity contribution in [3.63, 3.8) is 0 Å². The van der Waals surface area contributed by atoms with Crippen molar-refractivity contribution in [3.8, 4) is 11.5 Å². The highest BCUT2D eigenvalue weighted by atomic mass is 16.6. The van der Waals surface area contributed by atoms with E-state index < -0.39 is 6.10 Å². The number of carbonyl (C=O) groups excluding carboxylic acids is 3. The summed E-state index contributed by atoms with van der Waals surface area (Å²) in [6.45, 7) is 5.67. The van der Waals surface area contributed by atoms with E-state index in [9.17, 15) is 14.4 Å². The number of amides is 3. The summed E-state index contributed by atoms with van der Waals surface area (Å²) in [7, 11) is 0. The van der Waals surface area contributed by atoms with Gasteiger partial charge in [0.2, 0.25) is 12.0 Å². The van der Waals surface area contributed by atoms with E-state index in [4.69, 9.17) is 9.47 Å². The second-order valence-electron chi connectivity index (χ2n) is 8.05. The monoisotopic (exact) mass is 437 g/mol. The lowest BCUT2D eigenvalue weighted by atomic mass is 10.1. The average molecular weight is 437 g/mol. The van der Waals surface area contributed by atoms with Gasteiger partial charge in [-0.05, 0) is 49.2 Å². The van der Waals surface area contributed by atoms with Crippen LogP contribution in [0.25, 0.3) is 0 Å². The van der Waals surface area contributed by atoms with Crippen LogP contribution in [0.5, 0.6) is 11.5 Å². The molecule has 2 aliphatic rings. The Morgan fingerprint density at radius 3 is 2.34 bits per heavy atom. The summed E-state index contributed by atoms with van der Waals surface area (Å²) in [6, 6.07) is 12.7. The molecule has 1 N–H and O–H groups in total.